The van der Waals surface area contributed by atoms with Crippen LogP contribution in [0.2, 0.25) is 0 Å². The standard InChI is InChI=1S/C10H15NO/c1-2-10-6-5-8(10)9(12)11(10)7-3-4-7/h7-8H,2-6H2,1H3. The summed E-state index contributed by atoms with van der Waals surface area (Å²) in [5, 5.41) is 0. The van der Waals surface area contributed by atoms with Crippen molar-refractivity contribution in [2.45, 2.75) is 50.6 Å². The molecule has 66 valence electrons. The predicted molar refractivity (Wildman–Crippen MR) is 45.6 cm³/mol. The Morgan fingerprint density at radius 1 is 1.50 bits per heavy atom. The van der Waals surface area contributed by atoms with E-state index in [9.17, 15) is 4.79 Å². The highest BCUT2D eigenvalue weighted by molar-refractivity contribution is 5.90. The van der Waals surface area contributed by atoms with Crippen molar-refractivity contribution < 1.29 is 4.79 Å². The maximum Gasteiger partial charge on any atom is 0.228 e. The molecule has 1 aliphatic heterocycles. The SMILES string of the molecule is CCC12CCC1C(=O)N2C1CC1. The third-order valence-electron chi connectivity index (χ3n) is 4.05. The lowest BCUT2D eigenvalue weighted by atomic mass is 9.57. The molecule has 1 saturated heterocycles. The molecule has 3 rings (SSSR count). The van der Waals surface area contributed by atoms with Gasteiger partial charge in [-0.3, -0.25) is 4.79 Å². The van der Waals surface area contributed by atoms with Crippen LogP contribution in [0.3, 0.4) is 0 Å². The fourth-order valence-corrected chi connectivity index (χ4v) is 3.05. The Morgan fingerprint density at radius 3 is 2.67 bits per heavy atom. The van der Waals surface area contributed by atoms with Gasteiger partial charge in [-0.25, -0.2) is 0 Å². The first-order chi connectivity index (χ1) is 5.79. The number of nitrogens with zero attached hydrogens (tertiary/aromatic N) is 1. The first-order valence-corrected chi connectivity index (χ1v) is 5.13. The summed E-state index contributed by atoms with van der Waals surface area (Å²) in [5.74, 6) is 0.897. The largest absolute Gasteiger partial charge is 0.333 e. The van der Waals surface area contributed by atoms with E-state index in [0.29, 0.717) is 23.4 Å². The van der Waals surface area contributed by atoms with Crippen LogP contribution in [0.1, 0.15) is 39.0 Å². The molecule has 12 heavy (non-hydrogen) atoms. The van der Waals surface area contributed by atoms with Crippen molar-refractivity contribution in [1.82, 2.24) is 4.90 Å². The number of carbonyl (C=O) groups is 1. The molecular formula is C10H15NO. The minimum absolute atomic E-state index is 0.359. The van der Waals surface area contributed by atoms with E-state index >= 15 is 0 Å². The van der Waals surface area contributed by atoms with Crippen LogP contribution in [0.4, 0.5) is 0 Å². The molecular weight excluding hydrogens is 150 g/mol. The van der Waals surface area contributed by atoms with Gasteiger partial charge >= 0.3 is 0 Å². The second-order valence-corrected chi connectivity index (χ2v) is 4.49. The first-order valence-electron chi connectivity index (χ1n) is 5.13. The Labute approximate surface area is 72.9 Å². The number of carbonyl (C=O) groups excluding carboxylic acids is 1. The van der Waals surface area contributed by atoms with E-state index in [1.807, 2.05) is 0 Å². The van der Waals surface area contributed by atoms with Crippen molar-refractivity contribution in [2.75, 3.05) is 0 Å². The van der Waals surface area contributed by atoms with Gasteiger partial charge in [0.2, 0.25) is 5.91 Å². The average molecular weight is 165 g/mol. The zero-order chi connectivity index (χ0) is 8.34. The number of hydrogen-bond acceptors (Lipinski definition) is 1. The summed E-state index contributed by atoms with van der Waals surface area (Å²) in [7, 11) is 0. The lowest BCUT2D eigenvalue weighted by Gasteiger charge is -2.65. The molecule has 0 radical (unpaired) electrons. The van der Waals surface area contributed by atoms with E-state index in [1.54, 1.807) is 0 Å². The van der Waals surface area contributed by atoms with Crippen molar-refractivity contribution in [3.8, 4) is 0 Å². The van der Waals surface area contributed by atoms with Crippen LogP contribution in [0.25, 0.3) is 0 Å². The summed E-state index contributed by atoms with van der Waals surface area (Å²) in [6.07, 6.45) is 6.15. The number of fused-ring (bicyclic) bond motifs is 1. The molecule has 2 aliphatic carbocycles. The van der Waals surface area contributed by atoms with Crippen molar-refractivity contribution >= 4 is 5.91 Å². The van der Waals surface area contributed by atoms with Crippen molar-refractivity contribution in [2.24, 2.45) is 5.92 Å². The van der Waals surface area contributed by atoms with Crippen LogP contribution in [-0.2, 0) is 4.79 Å². The Kier molecular flexibility index (Phi) is 1.07. The van der Waals surface area contributed by atoms with Gasteiger partial charge in [0.1, 0.15) is 0 Å². The maximum atomic E-state index is 11.6. The van der Waals surface area contributed by atoms with Gasteiger partial charge < -0.3 is 4.90 Å². The van der Waals surface area contributed by atoms with Crippen molar-refractivity contribution in [3.05, 3.63) is 0 Å². The Hall–Kier alpha value is -0.530. The number of likely N-dealkylation sites (tertiary alicyclic amines) is 1. The Bertz CT molecular complexity index is 242. The summed E-state index contributed by atoms with van der Waals surface area (Å²) in [4.78, 5) is 13.8. The van der Waals surface area contributed by atoms with Crippen LogP contribution in [-0.4, -0.2) is 22.4 Å². The van der Waals surface area contributed by atoms with Gasteiger partial charge in [0.15, 0.2) is 0 Å². The van der Waals surface area contributed by atoms with Crippen LogP contribution < -0.4 is 0 Å². The normalized spacial score (nSPS) is 44.9. The first kappa shape index (κ1) is 6.93. The number of hydrogen-bond donors (Lipinski definition) is 0. The third kappa shape index (κ3) is 0.540. The minimum Gasteiger partial charge on any atom is -0.333 e. The second kappa shape index (κ2) is 1.86. The van der Waals surface area contributed by atoms with Gasteiger partial charge in [-0.1, -0.05) is 6.92 Å². The third-order valence-corrected chi connectivity index (χ3v) is 4.05. The molecule has 2 nitrogen and oxygen atoms in total. The Balaban J connectivity index is 1.87. The maximum absolute atomic E-state index is 11.6. The quantitative estimate of drug-likeness (QED) is 0.568. The number of amides is 1. The van der Waals surface area contributed by atoms with Gasteiger partial charge in [-0.2, -0.15) is 0 Å². The molecule has 2 heteroatoms. The molecule has 0 aromatic carbocycles. The number of rotatable bonds is 2. The summed E-state index contributed by atoms with van der Waals surface area (Å²) in [6.45, 7) is 2.23. The fraction of sp³-hybridized carbons (Fsp3) is 0.900. The highest BCUT2D eigenvalue weighted by Gasteiger charge is 2.67. The van der Waals surface area contributed by atoms with Crippen molar-refractivity contribution in [3.63, 3.8) is 0 Å². The molecule has 2 atom stereocenters. The van der Waals surface area contributed by atoms with Crippen LogP contribution in [0.5, 0.6) is 0 Å². The van der Waals surface area contributed by atoms with Gasteiger partial charge in [-0.15, -0.1) is 0 Å². The number of β-lactam (4-membered cyclic amide) rings is 1. The van der Waals surface area contributed by atoms with Gasteiger partial charge in [0.05, 0.1) is 11.5 Å². The zero-order valence-electron chi connectivity index (χ0n) is 7.55. The molecule has 0 aromatic heterocycles. The zero-order valence-corrected chi connectivity index (χ0v) is 7.55. The van der Waals surface area contributed by atoms with Crippen molar-refractivity contribution in [1.29, 1.82) is 0 Å². The molecule has 1 heterocycles. The second-order valence-electron chi connectivity index (χ2n) is 4.49. The lowest BCUT2D eigenvalue weighted by molar-refractivity contribution is -0.194. The monoisotopic (exact) mass is 165 g/mol. The Morgan fingerprint density at radius 2 is 2.25 bits per heavy atom. The predicted octanol–water partition coefficient (Wildman–Crippen LogP) is 1.55. The summed E-state index contributed by atoms with van der Waals surface area (Å²) >= 11 is 0. The van der Waals surface area contributed by atoms with E-state index in [0.717, 1.165) is 6.42 Å². The lowest BCUT2D eigenvalue weighted by Crippen LogP contribution is -2.76. The smallest absolute Gasteiger partial charge is 0.228 e. The highest BCUT2D eigenvalue weighted by atomic mass is 16.2. The van der Waals surface area contributed by atoms with E-state index in [2.05, 4.69) is 11.8 Å². The topological polar surface area (TPSA) is 20.3 Å². The van der Waals surface area contributed by atoms with E-state index in [1.165, 1.54) is 25.7 Å². The highest BCUT2D eigenvalue weighted by Crippen LogP contribution is 2.58. The summed E-state index contributed by atoms with van der Waals surface area (Å²) < 4.78 is 0. The average Bonchev–Trinajstić information content (AvgIpc) is 2.80. The molecule has 0 bridgehead atoms. The van der Waals surface area contributed by atoms with Crippen LogP contribution >= 0.6 is 0 Å². The molecule has 0 N–H and O–H groups in total. The fourth-order valence-electron chi connectivity index (χ4n) is 3.05. The summed E-state index contributed by atoms with van der Waals surface area (Å²) in [6, 6.07) is 0.647. The summed E-state index contributed by atoms with van der Waals surface area (Å²) in [5.41, 5.74) is 0.359. The molecule has 3 aliphatic rings. The molecule has 2 saturated carbocycles. The minimum atomic E-state index is 0.359. The van der Waals surface area contributed by atoms with Crippen LogP contribution in [0, 0.1) is 5.92 Å². The van der Waals surface area contributed by atoms with Gasteiger partial charge in [-0.05, 0) is 32.1 Å². The van der Waals surface area contributed by atoms with E-state index in [-0.39, 0.29) is 0 Å². The van der Waals surface area contributed by atoms with Gasteiger partial charge in [0.25, 0.3) is 0 Å². The van der Waals surface area contributed by atoms with E-state index < -0.39 is 0 Å². The van der Waals surface area contributed by atoms with Gasteiger partial charge in [0, 0.05) is 6.04 Å². The number of piperidine rings is 1. The van der Waals surface area contributed by atoms with E-state index in [4.69, 9.17) is 0 Å². The molecule has 0 spiro atoms. The molecule has 3 fully saturated rings. The molecule has 0 aromatic rings. The van der Waals surface area contributed by atoms with Crippen LogP contribution in [0.15, 0.2) is 0 Å². The molecule has 1 amide bonds. The molecule has 2 unspecified atom stereocenters.